The number of carbonyl (C=O) groups excluding carboxylic acids is 1. The highest BCUT2D eigenvalue weighted by Crippen LogP contribution is 2.32. The molecular formula is C13H22N4O3. The van der Waals surface area contributed by atoms with Crippen molar-refractivity contribution in [1.29, 1.82) is 0 Å². The van der Waals surface area contributed by atoms with E-state index in [1.165, 1.54) is 7.11 Å². The van der Waals surface area contributed by atoms with Crippen LogP contribution < -0.4 is 10.6 Å². The molecule has 20 heavy (non-hydrogen) atoms. The average molecular weight is 282 g/mol. The van der Waals surface area contributed by atoms with Crippen molar-refractivity contribution in [2.45, 2.75) is 38.8 Å². The van der Waals surface area contributed by atoms with Gasteiger partial charge in [-0.15, -0.1) is 0 Å². The van der Waals surface area contributed by atoms with Crippen LogP contribution in [0.5, 0.6) is 0 Å². The number of nitrogens with two attached hydrogens (primary N) is 1. The minimum absolute atomic E-state index is 0.0201. The van der Waals surface area contributed by atoms with Crippen LogP contribution in [0.4, 0.5) is 11.6 Å². The lowest BCUT2D eigenvalue weighted by molar-refractivity contribution is 0.0602. The Hall–Kier alpha value is -1.76. The topological polar surface area (TPSA) is 93.6 Å². The molecule has 7 nitrogen and oxygen atoms in total. The summed E-state index contributed by atoms with van der Waals surface area (Å²) in [6, 6.07) is 0.0238. The fourth-order valence-corrected chi connectivity index (χ4v) is 2.63. The molecule has 1 saturated heterocycles. The van der Waals surface area contributed by atoms with Gasteiger partial charge in [-0.05, 0) is 26.7 Å². The second kappa shape index (κ2) is 5.70. The summed E-state index contributed by atoms with van der Waals surface area (Å²) in [6.45, 7) is 4.68. The standard InChI is InChI=1S/C13H22N4O3/c1-8(2)17-11(14)10(13(19)20-3)12(15-17)16-6-4-5-9(16)7-18/h8-9,18H,4-7,14H2,1-3H3. The number of aliphatic hydroxyl groups is 1. The number of aromatic nitrogens is 2. The maximum Gasteiger partial charge on any atom is 0.345 e. The minimum Gasteiger partial charge on any atom is -0.465 e. The van der Waals surface area contributed by atoms with Crippen molar-refractivity contribution in [2.24, 2.45) is 0 Å². The first-order chi connectivity index (χ1) is 9.51. The molecule has 2 heterocycles. The summed E-state index contributed by atoms with van der Waals surface area (Å²) in [7, 11) is 1.33. The maximum absolute atomic E-state index is 12.0. The molecule has 0 aromatic carbocycles. The van der Waals surface area contributed by atoms with Crippen molar-refractivity contribution in [3.8, 4) is 0 Å². The zero-order valence-corrected chi connectivity index (χ0v) is 12.2. The van der Waals surface area contributed by atoms with Crippen molar-refractivity contribution < 1.29 is 14.6 Å². The van der Waals surface area contributed by atoms with Gasteiger partial charge in [-0.25, -0.2) is 9.48 Å². The average Bonchev–Trinajstić information content (AvgIpc) is 3.01. The molecule has 0 spiro atoms. The molecule has 7 heteroatoms. The molecule has 3 N–H and O–H groups in total. The highest BCUT2D eigenvalue weighted by atomic mass is 16.5. The number of hydrogen-bond acceptors (Lipinski definition) is 6. The van der Waals surface area contributed by atoms with Gasteiger partial charge in [0.1, 0.15) is 11.4 Å². The summed E-state index contributed by atoms with van der Waals surface area (Å²) in [5, 5.41) is 13.9. The summed E-state index contributed by atoms with van der Waals surface area (Å²) >= 11 is 0. The van der Waals surface area contributed by atoms with Gasteiger partial charge in [0.15, 0.2) is 5.82 Å². The van der Waals surface area contributed by atoms with Gasteiger partial charge in [-0.1, -0.05) is 0 Å². The molecule has 1 unspecified atom stereocenters. The van der Waals surface area contributed by atoms with Crippen molar-refractivity contribution in [1.82, 2.24) is 9.78 Å². The Morgan fingerprint density at radius 2 is 2.30 bits per heavy atom. The van der Waals surface area contributed by atoms with E-state index in [9.17, 15) is 9.90 Å². The van der Waals surface area contributed by atoms with Gasteiger partial charge in [-0.2, -0.15) is 5.10 Å². The first-order valence-corrected chi connectivity index (χ1v) is 6.85. The first kappa shape index (κ1) is 14.6. The maximum atomic E-state index is 12.0. The highest BCUT2D eigenvalue weighted by Gasteiger charge is 2.33. The predicted octanol–water partition coefficient (Wildman–Crippen LogP) is 0.794. The van der Waals surface area contributed by atoms with Gasteiger partial charge in [-0.3, -0.25) is 0 Å². The van der Waals surface area contributed by atoms with E-state index in [0.717, 1.165) is 19.4 Å². The molecule has 0 bridgehead atoms. The fourth-order valence-electron chi connectivity index (χ4n) is 2.63. The van der Waals surface area contributed by atoms with Crippen LogP contribution in [-0.2, 0) is 4.74 Å². The summed E-state index contributed by atoms with van der Waals surface area (Å²) < 4.78 is 6.44. The number of rotatable bonds is 4. The van der Waals surface area contributed by atoms with Crippen LogP contribution in [-0.4, -0.2) is 47.2 Å². The van der Waals surface area contributed by atoms with Gasteiger partial charge >= 0.3 is 5.97 Å². The number of nitrogen functional groups attached to an aromatic ring is 1. The Morgan fingerprint density at radius 3 is 2.85 bits per heavy atom. The second-order valence-electron chi connectivity index (χ2n) is 5.29. The molecule has 1 aliphatic heterocycles. The molecule has 0 aliphatic carbocycles. The van der Waals surface area contributed by atoms with Crippen LogP contribution in [0, 0.1) is 0 Å². The Balaban J connectivity index is 2.50. The van der Waals surface area contributed by atoms with Gasteiger partial charge in [0.25, 0.3) is 0 Å². The van der Waals surface area contributed by atoms with E-state index in [1.807, 2.05) is 18.7 Å². The zero-order valence-electron chi connectivity index (χ0n) is 12.2. The van der Waals surface area contributed by atoms with Crippen molar-refractivity contribution >= 4 is 17.6 Å². The van der Waals surface area contributed by atoms with Gasteiger partial charge < -0.3 is 20.5 Å². The molecule has 1 aromatic rings. The Morgan fingerprint density at radius 1 is 1.60 bits per heavy atom. The Bertz CT molecular complexity index is 498. The largest absolute Gasteiger partial charge is 0.465 e. The third kappa shape index (κ3) is 2.33. The molecule has 2 rings (SSSR count). The molecule has 1 atom stereocenters. The molecule has 1 fully saturated rings. The summed E-state index contributed by atoms with van der Waals surface area (Å²) in [4.78, 5) is 13.9. The lowest BCUT2D eigenvalue weighted by atomic mass is 10.2. The quantitative estimate of drug-likeness (QED) is 0.793. The minimum atomic E-state index is -0.493. The van der Waals surface area contributed by atoms with E-state index in [1.54, 1.807) is 4.68 Å². The Kier molecular flexibility index (Phi) is 4.17. The number of esters is 1. The summed E-state index contributed by atoms with van der Waals surface area (Å²) in [5.74, 6) is 0.332. The lowest BCUT2D eigenvalue weighted by Crippen LogP contribution is -2.33. The number of methoxy groups -OCH3 is 1. The number of hydrogen-bond donors (Lipinski definition) is 2. The molecule has 0 amide bonds. The third-order valence-corrected chi connectivity index (χ3v) is 3.67. The second-order valence-corrected chi connectivity index (χ2v) is 5.29. The number of anilines is 2. The Labute approximate surface area is 118 Å². The molecule has 112 valence electrons. The number of carbonyl (C=O) groups is 1. The SMILES string of the molecule is COC(=O)c1c(N2CCCC2CO)nn(C(C)C)c1N. The van der Waals surface area contributed by atoms with Crippen molar-refractivity contribution in [3.63, 3.8) is 0 Å². The van der Waals surface area contributed by atoms with E-state index < -0.39 is 5.97 Å². The van der Waals surface area contributed by atoms with Crippen LogP contribution in [0.25, 0.3) is 0 Å². The molecular weight excluding hydrogens is 260 g/mol. The third-order valence-electron chi connectivity index (χ3n) is 3.67. The predicted molar refractivity (Wildman–Crippen MR) is 75.8 cm³/mol. The van der Waals surface area contributed by atoms with Crippen LogP contribution in [0.2, 0.25) is 0 Å². The monoisotopic (exact) mass is 282 g/mol. The molecule has 0 radical (unpaired) electrons. The lowest BCUT2D eigenvalue weighted by Gasteiger charge is -2.23. The highest BCUT2D eigenvalue weighted by molar-refractivity contribution is 6.00. The van der Waals surface area contributed by atoms with Crippen LogP contribution in [0.1, 0.15) is 43.1 Å². The van der Waals surface area contributed by atoms with Gasteiger partial charge in [0.05, 0.1) is 19.8 Å². The molecule has 1 aliphatic rings. The van der Waals surface area contributed by atoms with E-state index in [4.69, 9.17) is 10.5 Å². The van der Waals surface area contributed by atoms with E-state index in [0.29, 0.717) is 17.2 Å². The van der Waals surface area contributed by atoms with Crippen molar-refractivity contribution in [3.05, 3.63) is 5.56 Å². The van der Waals surface area contributed by atoms with Crippen LogP contribution in [0.3, 0.4) is 0 Å². The summed E-state index contributed by atoms with van der Waals surface area (Å²) in [6.07, 6.45) is 1.84. The van der Waals surface area contributed by atoms with Crippen molar-refractivity contribution in [2.75, 3.05) is 30.9 Å². The summed E-state index contributed by atoms with van der Waals surface area (Å²) in [5.41, 5.74) is 6.34. The van der Waals surface area contributed by atoms with E-state index in [2.05, 4.69) is 5.10 Å². The first-order valence-electron chi connectivity index (χ1n) is 6.85. The van der Waals surface area contributed by atoms with Crippen LogP contribution in [0.15, 0.2) is 0 Å². The number of aliphatic hydroxyl groups excluding tert-OH is 1. The molecule has 0 saturated carbocycles. The van der Waals surface area contributed by atoms with E-state index in [-0.39, 0.29) is 18.7 Å². The normalized spacial score (nSPS) is 18.9. The smallest absolute Gasteiger partial charge is 0.345 e. The fraction of sp³-hybridized carbons (Fsp3) is 0.692. The zero-order chi connectivity index (χ0) is 14.9. The van der Waals surface area contributed by atoms with Crippen LogP contribution >= 0.6 is 0 Å². The van der Waals surface area contributed by atoms with Gasteiger partial charge in [0, 0.05) is 12.6 Å². The van der Waals surface area contributed by atoms with E-state index >= 15 is 0 Å². The number of ether oxygens (including phenoxy) is 1. The number of nitrogens with zero attached hydrogens (tertiary/aromatic N) is 3. The van der Waals surface area contributed by atoms with Gasteiger partial charge in [0.2, 0.25) is 0 Å². The molecule has 1 aromatic heterocycles.